The third kappa shape index (κ3) is 3.07. The highest BCUT2D eigenvalue weighted by Crippen LogP contribution is 2.41. The van der Waals surface area contributed by atoms with E-state index in [1.165, 1.54) is 13.4 Å². The lowest BCUT2D eigenvalue weighted by atomic mass is 10.2. The highest BCUT2D eigenvalue weighted by molar-refractivity contribution is 14.1. The maximum atomic E-state index is 5.96. The van der Waals surface area contributed by atoms with Crippen molar-refractivity contribution in [2.45, 2.75) is 9.79 Å². The van der Waals surface area contributed by atoms with Gasteiger partial charge in [0.15, 0.2) is 3.77 Å². The summed E-state index contributed by atoms with van der Waals surface area (Å²) >= 11 is 6.39. The van der Waals surface area contributed by atoms with Crippen LogP contribution in [0.1, 0.15) is 0 Å². The monoisotopic (exact) mass is 504 g/mol. The largest absolute Gasteiger partial charge is 0.448 e. The van der Waals surface area contributed by atoms with Gasteiger partial charge in [0, 0.05) is 33.0 Å². The summed E-state index contributed by atoms with van der Waals surface area (Å²) in [5.41, 5.74) is 1.12. The van der Waals surface area contributed by atoms with E-state index in [9.17, 15) is 0 Å². The van der Waals surface area contributed by atoms with E-state index in [1.807, 2.05) is 24.3 Å². The van der Waals surface area contributed by atoms with Crippen LogP contribution in [0.15, 0.2) is 74.9 Å². The molecule has 0 atom stereocenters. The van der Waals surface area contributed by atoms with Crippen molar-refractivity contribution in [1.29, 1.82) is 0 Å². The van der Waals surface area contributed by atoms with Crippen LogP contribution in [0.5, 0.6) is 0 Å². The minimum absolute atomic E-state index is 0.944. The number of halogens is 2. The maximum absolute atomic E-state index is 5.96. The van der Waals surface area contributed by atoms with Crippen LogP contribution in [0.3, 0.4) is 0 Å². The van der Waals surface area contributed by atoms with Gasteiger partial charge in [0.1, 0.15) is 5.76 Å². The minimum atomic E-state index is 0.944. The van der Waals surface area contributed by atoms with Crippen molar-refractivity contribution in [2.75, 3.05) is 0 Å². The molecular formula is C16H10I2OS. The standard InChI is InChI=1S/C16H10I2OS/c17-13-14(11-7-3-1-4-8-11)19-16(18)15(13)20-12-9-5-2-6-10-12/h1-10H. The molecule has 1 heterocycles. The topological polar surface area (TPSA) is 13.1 Å². The fraction of sp³-hybridized carbons (Fsp3) is 0. The van der Waals surface area contributed by atoms with Gasteiger partial charge >= 0.3 is 0 Å². The summed E-state index contributed by atoms with van der Waals surface area (Å²) in [6.45, 7) is 0. The summed E-state index contributed by atoms with van der Waals surface area (Å²) < 4.78 is 8.08. The van der Waals surface area contributed by atoms with E-state index < -0.39 is 0 Å². The molecule has 0 aliphatic rings. The average Bonchev–Trinajstić information content (AvgIpc) is 2.77. The highest BCUT2D eigenvalue weighted by Gasteiger charge is 2.18. The minimum Gasteiger partial charge on any atom is -0.448 e. The molecule has 4 heteroatoms. The lowest BCUT2D eigenvalue weighted by Crippen LogP contribution is -1.78. The van der Waals surface area contributed by atoms with Gasteiger partial charge in [0.05, 0.1) is 8.47 Å². The van der Waals surface area contributed by atoms with E-state index in [0.717, 1.165) is 15.1 Å². The van der Waals surface area contributed by atoms with Crippen molar-refractivity contribution in [1.82, 2.24) is 0 Å². The molecule has 0 fully saturated rings. The van der Waals surface area contributed by atoms with Crippen LogP contribution in [0, 0.1) is 7.34 Å². The van der Waals surface area contributed by atoms with E-state index >= 15 is 0 Å². The van der Waals surface area contributed by atoms with Crippen LogP contribution in [0.4, 0.5) is 0 Å². The molecule has 0 N–H and O–H groups in total. The number of benzene rings is 2. The Hall–Kier alpha value is -0.470. The molecule has 0 radical (unpaired) electrons. The maximum Gasteiger partial charge on any atom is 0.179 e. The summed E-state index contributed by atoms with van der Waals surface area (Å²) in [7, 11) is 0. The lowest BCUT2D eigenvalue weighted by molar-refractivity contribution is 0.544. The van der Waals surface area contributed by atoms with Gasteiger partial charge in [0.2, 0.25) is 0 Å². The van der Waals surface area contributed by atoms with Gasteiger partial charge in [-0.1, -0.05) is 60.3 Å². The van der Waals surface area contributed by atoms with Crippen molar-refractivity contribution < 1.29 is 4.42 Å². The Morgan fingerprint density at radius 2 is 1.40 bits per heavy atom. The molecule has 0 bridgehead atoms. The average molecular weight is 504 g/mol. The Bertz CT molecular complexity index is 708. The summed E-state index contributed by atoms with van der Waals surface area (Å²) in [5, 5.41) is 0. The molecule has 0 spiro atoms. The molecule has 1 aromatic heterocycles. The molecule has 0 amide bonds. The van der Waals surface area contributed by atoms with Gasteiger partial charge in [-0.15, -0.1) is 0 Å². The molecule has 0 saturated heterocycles. The van der Waals surface area contributed by atoms with Gasteiger partial charge in [0.25, 0.3) is 0 Å². The first-order valence-electron chi connectivity index (χ1n) is 6.02. The van der Waals surface area contributed by atoms with E-state index in [0.29, 0.717) is 0 Å². The zero-order valence-electron chi connectivity index (χ0n) is 10.3. The molecule has 0 unspecified atom stereocenters. The van der Waals surface area contributed by atoms with Crippen LogP contribution >= 0.6 is 56.9 Å². The number of hydrogen-bond acceptors (Lipinski definition) is 2. The molecule has 2 aromatic carbocycles. The summed E-state index contributed by atoms with van der Waals surface area (Å²) in [6, 6.07) is 20.6. The molecule has 100 valence electrons. The van der Waals surface area contributed by atoms with Crippen molar-refractivity contribution in [3.05, 3.63) is 68.0 Å². The lowest BCUT2D eigenvalue weighted by Gasteiger charge is -2.00. The second-order valence-corrected chi connectivity index (χ2v) is 7.27. The predicted octanol–water partition coefficient (Wildman–Crippen LogP) is 6.31. The summed E-state index contributed by atoms with van der Waals surface area (Å²) in [5.74, 6) is 0.953. The van der Waals surface area contributed by atoms with Crippen molar-refractivity contribution in [3.63, 3.8) is 0 Å². The van der Waals surface area contributed by atoms with Gasteiger partial charge < -0.3 is 4.42 Å². The van der Waals surface area contributed by atoms with E-state index in [-0.39, 0.29) is 0 Å². The highest BCUT2D eigenvalue weighted by atomic mass is 127. The molecule has 3 rings (SSSR count). The van der Waals surface area contributed by atoms with Crippen LogP contribution in [-0.2, 0) is 0 Å². The SMILES string of the molecule is Ic1oc(-c2ccccc2)c(I)c1Sc1ccccc1. The smallest absolute Gasteiger partial charge is 0.179 e. The van der Waals surface area contributed by atoms with Crippen LogP contribution in [0.2, 0.25) is 0 Å². The second-order valence-electron chi connectivity index (χ2n) is 4.13. The molecule has 0 aliphatic carbocycles. The van der Waals surface area contributed by atoms with Crippen molar-refractivity contribution >= 4 is 56.9 Å². The van der Waals surface area contributed by atoms with E-state index in [2.05, 4.69) is 81.6 Å². The van der Waals surface area contributed by atoms with Gasteiger partial charge in [-0.3, -0.25) is 0 Å². The van der Waals surface area contributed by atoms with Gasteiger partial charge in [-0.2, -0.15) is 0 Å². The Kier molecular flexibility index (Phi) is 4.72. The molecule has 0 saturated carbocycles. The van der Waals surface area contributed by atoms with Crippen LogP contribution in [-0.4, -0.2) is 0 Å². The first-order chi connectivity index (χ1) is 9.75. The quantitative estimate of drug-likeness (QED) is 0.389. The molecule has 1 nitrogen and oxygen atoms in total. The number of rotatable bonds is 3. The van der Waals surface area contributed by atoms with Crippen molar-refractivity contribution in [2.24, 2.45) is 0 Å². The van der Waals surface area contributed by atoms with E-state index in [4.69, 9.17) is 4.42 Å². The Morgan fingerprint density at radius 1 is 0.800 bits per heavy atom. The summed E-state index contributed by atoms with van der Waals surface area (Å²) in [6.07, 6.45) is 0. The second kappa shape index (κ2) is 6.53. The van der Waals surface area contributed by atoms with Crippen LogP contribution in [0.25, 0.3) is 11.3 Å². The molecule has 3 aromatic rings. The Morgan fingerprint density at radius 3 is 2.05 bits per heavy atom. The zero-order chi connectivity index (χ0) is 13.9. The first kappa shape index (κ1) is 14.5. The van der Waals surface area contributed by atoms with Crippen molar-refractivity contribution in [3.8, 4) is 11.3 Å². The fourth-order valence-corrected chi connectivity index (χ4v) is 5.00. The third-order valence-corrected chi connectivity index (χ3v) is 6.39. The molecule has 20 heavy (non-hydrogen) atoms. The Labute approximate surface area is 149 Å². The van der Waals surface area contributed by atoms with Gasteiger partial charge in [-0.05, 0) is 34.7 Å². The first-order valence-corrected chi connectivity index (χ1v) is 8.99. The summed E-state index contributed by atoms with van der Waals surface area (Å²) in [4.78, 5) is 2.42. The number of furan rings is 1. The Balaban J connectivity index is 1.99. The van der Waals surface area contributed by atoms with E-state index in [1.54, 1.807) is 11.8 Å². The predicted molar refractivity (Wildman–Crippen MR) is 100 cm³/mol. The molecular weight excluding hydrogens is 494 g/mol. The third-order valence-electron chi connectivity index (χ3n) is 2.77. The zero-order valence-corrected chi connectivity index (χ0v) is 15.5. The molecule has 0 aliphatic heterocycles. The van der Waals surface area contributed by atoms with Crippen LogP contribution < -0.4 is 0 Å². The number of hydrogen-bond donors (Lipinski definition) is 0. The normalized spacial score (nSPS) is 10.7. The fourth-order valence-electron chi connectivity index (χ4n) is 1.84. The van der Waals surface area contributed by atoms with Gasteiger partial charge in [-0.25, -0.2) is 0 Å².